The van der Waals surface area contributed by atoms with Crippen LogP contribution < -0.4 is 24.9 Å². The normalized spacial score (nSPS) is 14.9. The van der Waals surface area contributed by atoms with E-state index in [1.165, 1.54) is 11.3 Å². The monoisotopic (exact) mass is 595 g/mol. The minimum atomic E-state index is -0.719. The molecule has 0 radical (unpaired) electrons. The summed E-state index contributed by atoms with van der Waals surface area (Å²) >= 11 is 7.46. The lowest BCUT2D eigenvalue weighted by Crippen LogP contribution is -2.40. The van der Waals surface area contributed by atoms with Crippen LogP contribution in [0.4, 0.5) is 5.69 Å². The van der Waals surface area contributed by atoms with E-state index < -0.39 is 6.04 Å². The van der Waals surface area contributed by atoms with Crippen LogP contribution in [-0.2, 0) is 4.79 Å². The number of benzene rings is 3. The van der Waals surface area contributed by atoms with Crippen LogP contribution in [0.25, 0.3) is 17.4 Å². The van der Waals surface area contributed by atoms with Gasteiger partial charge < -0.3 is 14.5 Å². The van der Waals surface area contributed by atoms with Crippen molar-refractivity contribution in [2.24, 2.45) is 4.99 Å². The first kappa shape index (κ1) is 27.5. The van der Waals surface area contributed by atoms with Gasteiger partial charge in [-0.25, -0.2) is 4.99 Å². The molecule has 0 fully saturated rings. The molecule has 0 aliphatic carbocycles. The fourth-order valence-electron chi connectivity index (χ4n) is 5.02. The van der Waals surface area contributed by atoms with Crippen LogP contribution in [0.2, 0.25) is 5.02 Å². The summed E-state index contributed by atoms with van der Waals surface area (Å²) in [6, 6.07) is 25.2. The number of aromatic nitrogens is 1. The topological polar surface area (TPSA) is 85.8 Å². The fourth-order valence-corrected chi connectivity index (χ4v) is 6.22. The molecule has 1 aliphatic heterocycles. The van der Waals surface area contributed by atoms with Gasteiger partial charge in [-0.3, -0.25) is 14.2 Å². The second-order valence-electron chi connectivity index (χ2n) is 9.84. The molecular weight excluding hydrogens is 570 g/mol. The molecule has 42 heavy (non-hydrogen) atoms. The summed E-state index contributed by atoms with van der Waals surface area (Å²) in [5, 5.41) is 3.57. The Morgan fingerprint density at radius 3 is 2.64 bits per heavy atom. The van der Waals surface area contributed by atoms with E-state index in [0.29, 0.717) is 48.6 Å². The lowest BCUT2D eigenvalue weighted by molar-refractivity contribution is -0.113. The highest BCUT2D eigenvalue weighted by molar-refractivity contribution is 7.07. The van der Waals surface area contributed by atoms with E-state index >= 15 is 0 Å². The van der Waals surface area contributed by atoms with Crippen molar-refractivity contribution in [2.45, 2.75) is 19.9 Å². The van der Waals surface area contributed by atoms with Crippen molar-refractivity contribution in [1.29, 1.82) is 0 Å². The summed E-state index contributed by atoms with van der Waals surface area (Å²) in [4.78, 5) is 32.9. The molecule has 6 rings (SSSR count). The molecule has 0 saturated heterocycles. The largest absolute Gasteiger partial charge is 0.497 e. The first-order valence-corrected chi connectivity index (χ1v) is 14.4. The van der Waals surface area contributed by atoms with Gasteiger partial charge >= 0.3 is 0 Å². The summed E-state index contributed by atoms with van der Waals surface area (Å²) < 4.78 is 13.6. The van der Waals surface area contributed by atoms with Crippen LogP contribution in [0.1, 0.15) is 29.9 Å². The van der Waals surface area contributed by atoms with Crippen LogP contribution in [0.15, 0.2) is 110 Å². The molecule has 2 aromatic heterocycles. The number of carbonyl (C=O) groups is 1. The standard InChI is InChI=1S/C33H26ClN3O4S/c1-19-12-13-22(34)17-26(19)27-15-14-25(41-27)18-28-32(39)37-30(21-8-7-11-24(16-21)40-3)29(20(2)35-33(37)42-28)31(38)36-23-9-5-4-6-10-23/h4-18,30H,1-3H3,(H,36,38)/b28-18-/t30-/m1/s1. The van der Waals surface area contributed by atoms with E-state index in [0.717, 1.165) is 16.7 Å². The first-order chi connectivity index (χ1) is 20.3. The number of hydrogen-bond donors (Lipinski definition) is 1. The maximum atomic E-state index is 14.0. The molecule has 3 heterocycles. The lowest BCUT2D eigenvalue weighted by atomic mass is 9.95. The van der Waals surface area contributed by atoms with Gasteiger partial charge in [-0.05, 0) is 73.5 Å². The molecule has 1 aliphatic rings. The Labute approximate surface area is 250 Å². The van der Waals surface area contributed by atoms with Crippen molar-refractivity contribution in [3.05, 3.63) is 138 Å². The number of halogens is 1. The minimum absolute atomic E-state index is 0.277. The number of carbonyl (C=O) groups excluding carboxylic acids is 1. The number of aryl methyl sites for hydroxylation is 1. The van der Waals surface area contributed by atoms with Gasteiger partial charge in [-0.15, -0.1) is 0 Å². The maximum absolute atomic E-state index is 14.0. The number of furan rings is 1. The van der Waals surface area contributed by atoms with Crippen molar-refractivity contribution < 1.29 is 13.9 Å². The van der Waals surface area contributed by atoms with E-state index in [1.807, 2.05) is 91.9 Å². The molecule has 3 aromatic carbocycles. The molecule has 9 heteroatoms. The van der Waals surface area contributed by atoms with Gasteiger partial charge in [0.25, 0.3) is 11.5 Å². The van der Waals surface area contributed by atoms with Crippen molar-refractivity contribution in [3.63, 3.8) is 0 Å². The molecule has 5 aromatic rings. The molecule has 0 unspecified atom stereocenters. The highest BCUT2D eigenvalue weighted by Crippen LogP contribution is 2.33. The fraction of sp³-hybridized carbons (Fsp3) is 0.121. The second kappa shape index (κ2) is 11.3. The Bertz CT molecular complexity index is 2040. The van der Waals surface area contributed by atoms with E-state index in [1.54, 1.807) is 24.7 Å². The second-order valence-corrected chi connectivity index (χ2v) is 11.3. The van der Waals surface area contributed by atoms with Crippen LogP contribution in [-0.4, -0.2) is 17.6 Å². The third kappa shape index (κ3) is 5.22. The molecule has 0 saturated carbocycles. The number of allylic oxidation sites excluding steroid dienone is 1. The molecule has 0 spiro atoms. The Hall–Kier alpha value is -4.66. The van der Waals surface area contributed by atoms with Gasteiger partial charge in [-0.1, -0.05) is 59.3 Å². The van der Waals surface area contributed by atoms with E-state index in [4.69, 9.17) is 25.7 Å². The van der Waals surface area contributed by atoms with Crippen molar-refractivity contribution in [1.82, 2.24) is 4.57 Å². The summed E-state index contributed by atoms with van der Waals surface area (Å²) in [5.74, 6) is 1.45. The van der Waals surface area contributed by atoms with Crippen LogP contribution in [0, 0.1) is 6.92 Å². The number of para-hydroxylation sites is 1. The minimum Gasteiger partial charge on any atom is -0.497 e. The number of anilines is 1. The number of rotatable bonds is 6. The van der Waals surface area contributed by atoms with Gasteiger partial charge in [0.15, 0.2) is 4.80 Å². The summed E-state index contributed by atoms with van der Waals surface area (Å²) in [7, 11) is 1.58. The van der Waals surface area contributed by atoms with E-state index in [-0.39, 0.29) is 11.5 Å². The van der Waals surface area contributed by atoms with Gasteiger partial charge in [0.05, 0.1) is 29.0 Å². The van der Waals surface area contributed by atoms with Crippen molar-refractivity contribution >= 4 is 40.6 Å². The molecule has 7 nitrogen and oxygen atoms in total. The Morgan fingerprint density at radius 2 is 1.86 bits per heavy atom. The molecule has 0 bridgehead atoms. The number of nitrogens with zero attached hydrogens (tertiary/aromatic N) is 2. The third-order valence-corrected chi connectivity index (χ3v) is 8.29. The smallest absolute Gasteiger partial charge is 0.271 e. The number of nitrogens with one attached hydrogen (secondary N) is 1. The lowest BCUT2D eigenvalue weighted by Gasteiger charge is -2.25. The van der Waals surface area contributed by atoms with E-state index in [9.17, 15) is 9.59 Å². The number of methoxy groups -OCH3 is 1. The Kier molecular flexibility index (Phi) is 7.41. The predicted octanol–water partition coefficient (Wildman–Crippen LogP) is 6.10. The van der Waals surface area contributed by atoms with Crippen LogP contribution >= 0.6 is 22.9 Å². The summed E-state index contributed by atoms with van der Waals surface area (Å²) in [5.41, 5.74) is 3.91. The Morgan fingerprint density at radius 1 is 1.05 bits per heavy atom. The Balaban J connectivity index is 1.47. The number of thiazole rings is 1. The first-order valence-electron chi connectivity index (χ1n) is 13.2. The number of fused-ring (bicyclic) bond motifs is 1. The van der Waals surface area contributed by atoms with Gasteiger partial charge in [0, 0.05) is 22.3 Å². The van der Waals surface area contributed by atoms with Gasteiger partial charge in [0.1, 0.15) is 17.3 Å². The number of amides is 1. The molecule has 210 valence electrons. The predicted molar refractivity (Wildman–Crippen MR) is 166 cm³/mol. The summed E-state index contributed by atoms with van der Waals surface area (Å²) in [6.45, 7) is 3.77. The number of ether oxygens (including phenoxy) is 1. The van der Waals surface area contributed by atoms with Crippen LogP contribution in [0.5, 0.6) is 5.75 Å². The highest BCUT2D eigenvalue weighted by atomic mass is 35.5. The zero-order chi connectivity index (χ0) is 29.4. The zero-order valence-electron chi connectivity index (χ0n) is 23.1. The van der Waals surface area contributed by atoms with E-state index in [2.05, 4.69) is 5.32 Å². The molecule has 1 amide bonds. The number of hydrogen-bond acceptors (Lipinski definition) is 6. The zero-order valence-corrected chi connectivity index (χ0v) is 24.6. The summed E-state index contributed by atoms with van der Waals surface area (Å²) in [6.07, 6.45) is 1.71. The van der Waals surface area contributed by atoms with Crippen LogP contribution in [0.3, 0.4) is 0 Å². The van der Waals surface area contributed by atoms with Crippen molar-refractivity contribution in [3.8, 4) is 17.1 Å². The van der Waals surface area contributed by atoms with Crippen molar-refractivity contribution in [2.75, 3.05) is 12.4 Å². The highest BCUT2D eigenvalue weighted by Gasteiger charge is 2.32. The van der Waals surface area contributed by atoms with Gasteiger partial charge in [-0.2, -0.15) is 0 Å². The molecular formula is C33H26ClN3O4S. The quantitative estimate of drug-likeness (QED) is 0.257. The average Bonchev–Trinajstić information content (AvgIpc) is 3.58. The SMILES string of the molecule is COc1cccc([C@@H]2C(C(=O)Nc3ccccc3)=C(C)N=c3s/c(=C\c4ccc(-c5cc(Cl)ccc5C)o4)c(=O)n32)c1. The molecule has 1 atom stereocenters. The average molecular weight is 596 g/mol. The maximum Gasteiger partial charge on any atom is 0.271 e. The van der Waals surface area contributed by atoms with Gasteiger partial charge in [0.2, 0.25) is 0 Å². The molecule has 1 N–H and O–H groups in total. The third-order valence-electron chi connectivity index (χ3n) is 7.07.